The number of anilines is 1. The average molecular weight is 401 g/mol. The van der Waals surface area contributed by atoms with Crippen LogP contribution in [0.4, 0.5) is 5.69 Å². The van der Waals surface area contributed by atoms with E-state index in [1.165, 1.54) is 28.6 Å². The van der Waals surface area contributed by atoms with Gasteiger partial charge in [0.2, 0.25) is 16.4 Å². The summed E-state index contributed by atoms with van der Waals surface area (Å²) in [6, 6.07) is 11.6. The van der Waals surface area contributed by atoms with E-state index in [9.17, 15) is 18.0 Å². The molecule has 7 nitrogen and oxygen atoms in total. The number of carbonyl (C=O) groups excluding carboxylic acids is 2. The number of rotatable bonds is 5. The molecule has 1 fully saturated rings. The van der Waals surface area contributed by atoms with Gasteiger partial charge in [-0.3, -0.25) is 9.59 Å². The van der Waals surface area contributed by atoms with E-state index in [2.05, 4.69) is 5.32 Å². The molecule has 2 aromatic carbocycles. The van der Waals surface area contributed by atoms with Crippen molar-refractivity contribution in [3.63, 3.8) is 0 Å². The highest BCUT2D eigenvalue weighted by molar-refractivity contribution is 7.89. The van der Waals surface area contributed by atoms with Crippen molar-refractivity contribution in [3.05, 3.63) is 59.2 Å². The van der Waals surface area contributed by atoms with E-state index in [-0.39, 0.29) is 23.9 Å². The molecule has 1 heterocycles. The Bertz CT molecular complexity index is 979. The molecular formula is C20H23N3O4S. The van der Waals surface area contributed by atoms with Gasteiger partial charge in [0, 0.05) is 37.4 Å². The van der Waals surface area contributed by atoms with Gasteiger partial charge in [-0.15, -0.1) is 0 Å². The number of aryl methyl sites for hydroxylation is 2. The number of carbonyl (C=O) groups is 2. The molecule has 1 saturated heterocycles. The van der Waals surface area contributed by atoms with Crippen LogP contribution in [0.25, 0.3) is 0 Å². The van der Waals surface area contributed by atoms with Crippen molar-refractivity contribution in [1.29, 1.82) is 0 Å². The molecule has 0 saturated carbocycles. The fourth-order valence-corrected chi connectivity index (χ4v) is 4.42. The zero-order valence-corrected chi connectivity index (χ0v) is 16.7. The van der Waals surface area contributed by atoms with Crippen LogP contribution in [0.2, 0.25) is 0 Å². The Hall–Kier alpha value is -2.71. The molecule has 3 rings (SSSR count). The summed E-state index contributed by atoms with van der Waals surface area (Å²) in [5.41, 5.74) is 3.29. The van der Waals surface area contributed by atoms with E-state index >= 15 is 0 Å². The predicted molar refractivity (Wildman–Crippen MR) is 107 cm³/mol. The van der Waals surface area contributed by atoms with Crippen molar-refractivity contribution < 1.29 is 18.0 Å². The van der Waals surface area contributed by atoms with Gasteiger partial charge in [0.05, 0.1) is 4.90 Å². The number of nitrogens with one attached hydrogen (secondary N) is 1. The lowest BCUT2D eigenvalue weighted by atomic mass is 10.1. The number of sulfonamides is 1. The van der Waals surface area contributed by atoms with E-state index in [0.29, 0.717) is 24.3 Å². The van der Waals surface area contributed by atoms with Crippen LogP contribution in [0.1, 0.15) is 21.5 Å². The van der Waals surface area contributed by atoms with Crippen molar-refractivity contribution in [2.45, 2.75) is 18.7 Å². The second-order valence-electron chi connectivity index (χ2n) is 6.82. The molecule has 28 heavy (non-hydrogen) atoms. The molecule has 0 radical (unpaired) electrons. The molecule has 1 aliphatic heterocycles. The van der Waals surface area contributed by atoms with Crippen LogP contribution in [0.15, 0.2) is 47.4 Å². The molecule has 0 aromatic heterocycles. The largest absolute Gasteiger partial charge is 0.343 e. The molecule has 0 spiro atoms. The van der Waals surface area contributed by atoms with E-state index in [1.807, 2.05) is 32.0 Å². The summed E-state index contributed by atoms with van der Waals surface area (Å²) in [7, 11) is -3.65. The minimum atomic E-state index is -3.65. The van der Waals surface area contributed by atoms with Gasteiger partial charge >= 0.3 is 0 Å². The Morgan fingerprint density at radius 1 is 0.964 bits per heavy atom. The van der Waals surface area contributed by atoms with Crippen LogP contribution in [0, 0.1) is 13.8 Å². The molecule has 1 N–H and O–H groups in total. The Balaban J connectivity index is 1.71. The van der Waals surface area contributed by atoms with Gasteiger partial charge in [-0.25, -0.2) is 8.42 Å². The van der Waals surface area contributed by atoms with Crippen LogP contribution in [-0.4, -0.2) is 56.1 Å². The third-order valence-corrected chi connectivity index (χ3v) is 6.85. The smallest absolute Gasteiger partial charge is 0.255 e. The molecule has 8 heteroatoms. The zero-order chi connectivity index (χ0) is 20.3. The van der Waals surface area contributed by atoms with Crippen molar-refractivity contribution in [1.82, 2.24) is 9.21 Å². The summed E-state index contributed by atoms with van der Waals surface area (Å²) in [6.45, 7) is 5.24. The van der Waals surface area contributed by atoms with E-state index in [0.717, 1.165) is 17.5 Å². The number of hydrogen-bond donors (Lipinski definition) is 1. The first-order valence-electron chi connectivity index (χ1n) is 8.99. The standard InChI is InChI=1S/C20H23N3O4S/c1-15-3-6-18(13-16(15)2)21-20(25)17-4-7-19(8-5-17)28(26,27)23-11-9-22(14-24)10-12-23/h3-8,13-14H,9-12H2,1-2H3,(H,21,25). The molecule has 0 unspecified atom stereocenters. The third-order valence-electron chi connectivity index (χ3n) is 4.94. The van der Waals surface area contributed by atoms with Crippen LogP contribution >= 0.6 is 0 Å². The van der Waals surface area contributed by atoms with Crippen molar-refractivity contribution in [2.75, 3.05) is 31.5 Å². The van der Waals surface area contributed by atoms with Gasteiger partial charge in [0.15, 0.2) is 0 Å². The van der Waals surface area contributed by atoms with Crippen LogP contribution in [-0.2, 0) is 14.8 Å². The van der Waals surface area contributed by atoms with Crippen LogP contribution in [0.3, 0.4) is 0 Å². The second-order valence-corrected chi connectivity index (χ2v) is 8.76. The SMILES string of the molecule is Cc1ccc(NC(=O)c2ccc(S(=O)(=O)N3CCN(C=O)CC3)cc2)cc1C. The molecule has 0 bridgehead atoms. The first kappa shape index (κ1) is 20.0. The van der Waals surface area contributed by atoms with Gasteiger partial charge in [-0.1, -0.05) is 6.07 Å². The monoisotopic (exact) mass is 401 g/mol. The number of amides is 2. The number of hydrogen-bond acceptors (Lipinski definition) is 4. The maximum absolute atomic E-state index is 12.7. The lowest BCUT2D eigenvalue weighted by Crippen LogP contribution is -2.47. The Labute approximate surface area is 165 Å². The lowest BCUT2D eigenvalue weighted by molar-refractivity contribution is -0.119. The highest BCUT2D eigenvalue weighted by Crippen LogP contribution is 2.19. The maximum Gasteiger partial charge on any atom is 0.255 e. The Morgan fingerprint density at radius 3 is 2.18 bits per heavy atom. The molecular weight excluding hydrogens is 378 g/mol. The Kier molecular flexibility index (Phi) is 5.81. The number of benzene rings is 2. The maximum atomic E-state index is 12.7. The van der Waals surface area contributed by atoms with Crippen molar-refractivity contribution in [2.24, 2.45) is 0 Å². The third kappa shape index (κ3) is 4.23. The van der Waals surface area contributed by atoms with Gasteiger partial charge in [0.1, 0.15) is 0 Å². The highest BCUT2D eigenvalue weighted by Gasteiger charge is 2.28. The molecule has 2 aromatic rings. The predicted octanol–water partition coefficient (Wildman–Crippen LogP) is 2.02. The quantitative estimate of drug-likeness (QED) is 0.777. The molecule has 148 valence electrons. The van der Waals surface area contributed by atoms with Crippen LogP contribution in [0.5, 0.6) is 0 Å². The van der Waals surface area contributed by atoms with Gasteiger partial charge in [0.25, 0.3) is 5.91 Å². The topological polar surface area (TPSA) is 86.8 Å². The minimum absolute atomic E-state index is 0.134. The normalized spacial score (nSPS) is 15.3. The lowest BCUT2D eigenvalue weighted by Gasteiger charge is -2.31. The summed E-state index contributed by atoms with van der Waals surface area (Å²) in [6.07, 6.45) is 0.729. The summed E-state index contributed by atoms with van der Waals surface area (Å²) in [5.74, 6) is -0.299. The first-order valence-corrected chi connectivity index (χ1v) is 10.4. The number of nitrogens with zero attached hydrogens (tertiary/aromatic N) is 2. The average Bonchev–Trinajstić information content (AvgIpc) is 2.71. The van der Waals surface area contributed by atoms with E-state index in [4.69, 9.17) is 0 Å². The molecule has 2 amide bonds. The van der Waals surface area contributed by atoms with Gasteiger partial charge in [-0.2, -0.15) is 4.31 Å². The van der Waals surface area contributed by atoms with Crippen molar-refractivity contribution >= 4 is 28.0 Å². The van der Waals surface area contributed by atoms with Gasteiger partial charge in [-0.05, 0) is 61.4 Å². The van der Waals surface area contributed by atoms with E-state index in [1.54, 1.807) is 4.90 Å². The Morgan fingerprint density at radius 2 is 1.61 bits per heavy atom. The first-order chi connectivity index (χ1) is 13.3. The molecule has 0 aliphatic carbocycles. The zero-order valence-electron chi connectivity index (χ0n) is 15.9. The highest BCUT2D eigenvalue weighted by atomic mass is 32.2. The second kappa shape index (κ2) is 8.12. The van der Waals surface area contributed by atoms with Crippen molar-refractivity contribution in [3.8, 4) is 0 Å². The van der Waals surface area contributed by atoms with Crippen LogP contribution < -0.4 is 5.32 Å². The fraction of sp³-hybridized carbons (Fsp3) is 0.300. The molecule has 0 atom stereocenters. The minimum Gasteiger partial charge on any atom is -0.343 e. The summed E-state index contributed by atoms with van der Waals surface area (Å²) >= 11 is 0. The van der Waals surface area contributed by atoms with Gasteiger partial charge < -0.3 is 10.2 Å². The fourth-order valence-electron chi connectivity index (χ4n) is 3.00. The van der Waals surface area contributed by atoms with E-state index < -0.39 is 10.0 Å². The summed E-state index contributed by atoms with van der Waals surface area (Å²) in [5, 5.41) is 2.82. The summed E-state index contributed by atoms with van der Waals surface area (Å²) < 4.78 is 26.8. The summed E-state index contributed by atoms with van der Waals surface area (Å²) in [4.78, 5) is 24.9. The molecule has 1 aliphatic rings. The number of piperazine rings is 1.